The fourth-order valence-electron chi connectivity index (χ4n) is 1.37. The highest BCUT2D eigenvalue weighted by atomic mass is 16.5. The molecule has 1 heterocycles. The van der Waals surface area contributed by atoms with Gasteiger partial charge in [-0.1, -0.05) is 13.0 Å². The smallest absolute Gasteiger partial charge is 0.423 e. The van der Waals surface area contributed by atoms with Gasteiger partial charge >= 0.3 is 7.12 Å². The molecule has 0 bridgehead atoms. The highest BCUT2D eigenvalue weighted by Crippen LogP contribution is 2.10. The average molecular weight is 222 g/mol. The predicted octanol–water partition coefficient (Wildman–Crippen LogP) is -1.03. The monoisotopic (exact) mass is 222 g/mol. The maximum absolute atomic E-state index is 10.8. The van der Waals surface area contributed by atoms with E-state index in [9.17, 15) is 9.82 Å². The number of rotatable bonds is 1. The van der Waals surface area contributed by atoms with Crippen molar-refractivity contribution < 1.29 is 14.5 Å². The summed E-state index contributed by atoms with van der Waals surface area (Å²) in [4.78, 5) is 10.8. The molecular weight excluding hydrogens is 207 g/mol. The van der Waals surface area contributed by atoms with Gasteiger partial charge in [0.1, 0.15) is 0 Å². The van der Waals surface area contributed by atoms with Gasteiger partial charge in [0, 0.05) is 5.56 Å². The van der Waals surface area contributed by atoms with Crippen LogP contribution in [0.3, 0.4) is 0 Å². The topological polar surface area (TPSA) is 98.6 Å². The molecule has 0 spiro atoms. The zero-order valence-corrected chi connectivity index (χ0v) is 9.14. The molecule has 0 unspecified atom stereocenters. The van der Waals surface area contributed by atoms with Crippen molar-refractivity contribution in [2.45, 2.75) is 13.5 Å². The Kier molecular flexibility index (Phi) is 4.48. The van der Waals surface area contributed by atoms with Crippen LogP contribution in [0, 0.1) is 0 Å². The Bertz CT molecular complexity index is 384. The minimum atomic E-state index is -0.922. The van der Waals surface area contributed by atoms with Crippen molar-refractivity contribution in [3.8, 4) is 0 Å². The number of amides is 1. The first-order chi connectivity index (χ1) is 7.60. The van der Waals surface area contributed by atoms with Crippen molar-refractivity contribution in [1.82, 2.24) is 0 Å². The van der Waals surface area contributed by atoms with Crippen molar-refractivity contribution in [1.29, 1.82) is 0 Å². The van der Waals surface area contributed by atoms with Gasteiger partial charge in [0.05, 0.1) is 6.61 Å². The quantitative estimate of drug-likeness (QED) is 0.529. The van der Waals surface area contributed by atoms with Crippen molar-refractivity contribution in [3.63, 3.8) is 0 Å². The van der Waals surface area contributed by atoms with Gasteiger partial charge in [-0.25, -0.2) is 0 Å². The lowest BCUT2D eigenvalue weighted by Gasteiger charge is -1.99. The van der Waals surface area contributed by atoms with Crippen molar-refractivity contribution in [3.05, 3.63) is 29.3 Å². The Morgan fingerprint density at radius 2 is 2.25 bits per heavy atom. The molecule has 86 valence electrons. The number of carbonyl (C=O) groups is 1. The molecule has 0 atom stereocenters. The standard InChI is InChI=1S/C8H8BNO3.C2H7N/c10-8(11)5-1-2-6-4-13-9(12)7(6)3-5;1-2-3/h1-3,12H,4H2,(H2,10,11);2-3H2,1H3. The van der Waals surface area contributed by atoms with Crippen molar-refractivity contribution in [2.24, 2.45) is 11.5 Å². The number of carbonyl (C=O) groups excluding carboxylic acids is 1. The summed E-state index contributed by atoms with van der Waals surface area (Å²) in [6.07, 6.45) is 0. The molecule has 0 aromatic heterocycles. The molecule has 1 aromatic rings. The number of benzene rings is 1. The van der Waals surface area contributed by atoms with E-state index in [1.165, 1.54) is 0 Å². The predicted molar refractivity (Wildman–Crippen MR) is 62.1 cm³/mol. The zero-order chi connectivity index (χ0) is 12.1. The fourth-order valence-corrected chi connectivity index (χ4v) is 1.37. The Hall–Kier alpha value is -1.37. The molecule has 1 aliphatic rings. The van der Waals surface area contributed by atoms with Crippen LogP contribution in [0.1, 0.15) is 22.8 Å². The summed E-state index contributed by atoms with van der Waals surface area (Å²) < 4.78 is 4.96. The minimum Gasteiger partial charge on any atom is -0.423 e. The maximum Gasteiger partial charge on any atom is 0.491 e. The molecule has 5 nitrogen and oxygen atoms in total. The third kappa shape index (κ3) is 2.82. The highest BCUT2D eigenvalue weighted by molar-refractivity contribution is 6.61. The zero-order valence-electron chi connectivity index (χ0n) is 9.14. The van der Waals surface area contributed by atoms with E-state index in [2.05, 4.69) is 0 Å². The third-order valence-corrected chi connectivity index (χ3v) is 2.09. The summed E-state index contributed by atoms with van der Waals surface area (Å²) in [7, 11) is -0.922. The summed E-state index contributed by atoms with van der Waals surface area (Å²) in [5.74, 6) is -0.498. The van der Waals surface area contributed by atoms with Crippen LogP contribution >= 0.6 is 0 Å². The number of hydrogen-bond donors (Lipinski definition) is 3. The lowest BCUT2D eigenvalue weighted by Crippen LogP contribution is -2.29. The SMILES string of the molecule is CCN.NC(=O)c1ccc2c(c1)B(O)OC2. The van der Waals surface area contributed by atoms with Crippen LogP contribution in [0.4, 0.5) is 0 Å². The van der Waals surface area contributed by atoms with E-state index in [1.54, 1.807) is 18.2 Å². The molecule has 0 saturated carbocycles. The molecule has 0 fully saturated rings. The fraction of sp³-hybridized carbons (Fsp3) is 0.300. The molecule has 0 radical (unpaired) electrons. The first-order valence-corrected chi connectivity index (χ1v) is 5.02. The number of hydrogen-bond acceptors (Lipinski definition) is 4. The summed E-state index contributed by atoms with van der Waals surface area (Å²) in [6, 6.07) is 4.93. The summed E-state index contributed by atoms with van der Waals surface area (Å²) in [5, 5.41) is 9.31. The molecule has 5 N–H and O–H groups in total. The van der Waals surface area contributed by atoms with Crippen LogP contribution in [-0.4, -0.2) is 24.6 Å². The van der Waals surface area contributed by atoms with Gasteiger partial charge in [0.15, 0.2) is 0 Å². The van der Waals surface area contributed by atoms with Gasteiger partial charge < -0.3 is 21.1 Å². The van der Waals surface area contributed by atoms with Crippen molar-refractivity contribution >= 4 is 18.5 Å². The molecule has 0 aliphatic carbocycles. The van der Waals surface area contributed by atoms with Gasteiger partial charge in [-0.05, 0) is 29.7 Å². The molecular formula is C10H15BN2O3. The van der Waals surface area contributed by atoms with E-state index in [1.807, 2.05) is 6.92 Å². The van der Waals surface area contributed by atoms with Crippen LogP contribution in [0.25, 0.3) is 0 Å². The Labute approximate surface area is 94.5 Å². The molecule has 16 heavy (non-hydrogen) atoms. The molecule has 2 rings (SSSR count). The summed E-state index contributed by atoms with van der Waals surface area (Å²) in [6.45, 7) is 3.04. The van der Waals surface area contributed by atoms with Crippen LogP contribution in [0.5, 0.6) is 0 Å². The Balaban J connectivity index is 0.000000386. The maximum atomic E-state index is 10.8. The van der Waals surface area contributed by atoms with E-state index < -0.39 is 13.0 Å². The summed E-state index contributed by atoms with van der Waals surface area (Å²) in [5.41, 5.74) is 11.9. The average Bonchev–Trinajstić information content (AvgIpc) is 2.61. The minimum absolute atomic E-state index is 0.384. The van der Waals surface area contributed by atoms with E-state index in [0.717, 1.165) is 12.1 Å². The molecule has 6 heteroatoms. The largest absolute Gasteiger partial charge is 0.491 e. The van der Waals surface area contributed by atoms with Gasteiger partial charge in [-0.3, -0.25) is 4.79 Å². The number of nitrogens with two attached hydrogens (primary N) is 2. The van der Waals surface area contributed by atoms with E-state index in [0.29, 0.717) is 17.6 Å². The van der Waals surface area contributed by atoms with Gasteiger partial charge in [-0.15, -0.1) is 0 Å². The third-order valence-electron chi connectivity index (χ3n) is 2.09. The van der Waals surface area contributed by atoms with Crippen LogP contribution in [0.15, 0.2) is 18.2 Å². The molecule has 1 aromatic carbocycles. The number of fused-ring (bicyclic) bond motifs is 1. The lowest BCUT2D eigenvalue weighted by atomic mass is 9.79. The Morgan fingerprint density at radius 1 is 1.62 bits per heavy atom. The second-order valence-corrected chi connectivity index (χ2v) is 3.35. The second kappa shape index (κ2) is 5.65. The normalized spacial score (nSPS) is 12.8. The molecule has 1 amide bonds. The lowest BCUT2D eigenvalue weighted by molar-refractivity contribution is 0.100. The first kappa shape index (κ1) is 12.7. The van der Waals surface area contributed by atoms with E-state index in [-0.39, 0.29) is 0 Å². The van der Waals surface area contributed by atoms with Crippen LogP contribution in [-0.2, 0) is 11.3 Å². The molecule has 1 aliphatic heterocycles. The van der Waals surface area contributed by atoms with Gasteiger partial charge in [0.25, 0.3) is 0 Å². The Morgan fingerprint density at radius 3 is 2.81 bits per heavy atom. The van der Waals surface area contributed by atoms with E-state index in [4.69, 9.17) is 16.1 Å². The van der Waals surface area contributed by atoms with Gasteiger partial charge in [0.2, 0.25) is 5.91 Å². The number of primary amides is 1. The van der Waals surface area contributed by atoms with Crippen LogP contribution < -0.4 is 16.9 Å². The second-order valence-electron chi connectivity index (χ2n) is 3.35. The molecule has 0 saturated heterocycles. The summed E-state index contributed by atoms with van der Waals surface area (Å²) >= 11 is 0. The van der Waals surface area contributed by atoms with E-state index >= 15 is 0 Å². The highest BCUT2D eigenvalue weighted by Gasteiger charge is 2.27. The van der Waals surface area contributed by atoms with Crippen molar-refractivity contribution in [2.75, 3.05) is 6.54 Å². The van der Waals surface area contributed by atoms with Crippen LogP contribution in [0.2, 0.25) is 0 Å². The van der Waals surface area contributed by atoms with Gasteiger partial charge in [-0.2, -0.15) is 0 Å². The first-order valence-electron chi connectivity index (χ1n) is 5.02.